The number of esters is 1. The third kappa shape index (κ3) is 4.72. The zero-order valence-corrected chi connectivity index (χ0v) is 17.0. The van der Waals surface area contributed by atoms with Gasteiger partial charge in [-0.2, -0.15) is 0 Å². The molecule has 0 N–H and O–H groups in total. The minimum absolute atomic E-state index is 0.0940. The normalized spacial score (nSPS) is 16.2. The lowest BCUT2D eigenvalue weighted by atomic mass is 10.0. The zero-order chi connectivity index (χ0) is 21.0. The van der Waals surface area contributed by atoms with Crippen molar-refractivity contribution in [2.24, 2.45) is 0 Å². The number of hydrogen-bond donors (Lipinski definition) is 0. The Kier molecular flexibility index (Phi) is 6.46. The Balaban J connectivity index is 1.83. The molecule has 8 heteroatoms. The molecule has 148 valence electrons. The smallest absolute Gasteiger partial charge is 0.337 e. The highest BCUT2D eigenvalue weighted by molar-refractivity contribution is 8.26. The molecule has 0 aliphatic carbocycles. The largest absolute Gasteiger partial charge is 0.548 e. The van der Waals surface area contributed by atoms with Gasteiger partial charge in [-0.05, 0) is 35.8 Å². The Hall–Kier alpha value is -2.97. The minimum atomic E-state index is -1.37. The molecule has 1 unspecified atom stereocenters. The number of thioether (sulfide) groups is 1. The molecule has 0 saturated carbocycles. The molecule has 2 aromatic carbocycles. The van der Waals surface area contributed by atoms with Gasteiger partial charge in [0, 0.05) is 0 Å². The van der Waals surface area contributed by atoms with Gasteiger partial charge in [0.25, 0.3) is 5.91 Å². The first-order valence-corrected chi connectivity index (χ1v) is 9.83. The van der Waals surface area contributed by atoms with Crippen LogP contribution in [0, 0.1) is 0 Å². The molecule has 0 spiro atoms. The summed E-state index contributed by atoms with van der Waals surface area (Å²) in [4.78, 5) is 37.5. The van der Waals surface area contributed by atoms with E-state index in [2.05, 4.69) is 4.74 Å². The predicted octanol–water partition coefficient (Wildman–Crippen LogP) is 2.04. The molecule has 6 nitrogen and oxygen atoms in total. The maximum atomic E-state index is 12.9. The highest BCUT2D eigenvalue weighted by Gasteiger charge is 2.37. The summed E-state index contributed by atoms with van der Waals surface area (Å²) in [6, 6.07) is 14.3. The van der Waals surface area contributed by atoms with Crippen LogP contribution in [0.1, 0.15) is 21.5 Å². The van der Waals surface area contributed by atoms with E-state index >= 15 is 0 Å². The molecule has 1 amide bonds. The fraction of sp³-hybridized carbons (Fsp3) is 0.143. The van der Waals surface area contributed by atoms with E-state index < -0.39 is 23.9 Å². The summed E-state index contributed by atoms with van der Waals surface area (Å²) in [6.45, 7) is 0. The molecule has 1 heterocycles. The standard InChI is InChI=1S/C21H17NO5S2/c1-27-20(26)15-9-7-14(8-10-15)12-17-18(23)22(21(28)29-17)16(19(24)25)11-13-5-3-2-4-6-13/h2-10,12,16H,11H2,1H3,(H,24,25)/p-1. The molecule has 1 fully saturated rings. The van der Waals surface area contributed by atoms with Crippen molar-refractivity contribution in [2.75, 3.05) is 7.11 Å². The molecule has 1 aliphatic rings. The Morgan fingerprint density at radius 2 is 1.83 bits per heavy atom. The van der Waals surface area contributed by atoms with Gasteiger partial charge >= 0.3 is 5.97 Å². The van der Waals surface area contributed by atoms with Crippen LogP contribution in [0.3, 0.4) is 0 Å². The lowest BCUT2D eigenvalue weighted by molar-refractivity contribution is -0.310. The fourth-order valence-corrected chi connectivity index (χ4v) is 4.21. The molecular weight excluding hydrogens is 410 g/mol. The summed E-state index contributed by atoms with van der Waals surface area (Å²) >= 11 is 6.30. The third-order valence-corrected chi connectivity index (χ3v) is 5.64. The molecule has 0 radical (unpaired) electrons. The Morgan fingerprint density at radius 1 is 1.17 bits per heavy atom. The first-order valence-electron chi connectivity index (χ1n) is 8.61. The van der Waals surface area contributed by atoms with E-state index in [0.717, 1.165) is 22.2 Å². The van der Waals surface area contributed by atoms with Gasteiger partial charge in [0.15, 0.2) is 0 Å². The first-order chi connectivity index (χ1) is 13.9. The van der Waals surface area contributed by atoms with Crippen molar-refractivity contribution in [3.8, 4) is 0 Å². The molecule has 0 aromatic heterocycles. The topological polar surface area (TPSA) is 86.7 Å². The Morgan fingerprint density at radius 3 is 2.41 bits per heavy atom. The van der Waals surface area contributed by atoms with Gasteiger partial charge < -0.3 is 14.6 Å². The van der Waals surface area contributed by atoms with Gasteiger partial charge in [0.2, 0.25) is 0 Å². The predicted molar refractivity (Wildman–Crippen MR) is 112 cm³/mol. The maximum absolute atomic E-state index is 12.9. The SMILES string of the molecule is COC(=O)c1ccc(C=C2SC(=S)N(C(Cc3ccccc3)C(=O)[O-])C2=O)cc1. The molecule has 1 aliphatic heterocycles. The zero-order valence-electron chi connectivity index (χ0n) is 15.4. The van der Waals surface area contributed by atoms with Gasteiger partial charge in [-0.25, -0.2) is 4.79 Å². The van der Waals surface area contributed by atoms with Crippen LogP contribution in [0.15, 0.2) is 59.5 Å². The summed E-state index contributed by atoms with van der Waals surface area (Å²) in [6.07, 6.45) is 1.70. The molecule has 1 atom stereocenters. The van der Waals surface area contributed by atoms with Crippen molar-refractivity contribution in [3.63, 3.8) is 0 Å². The highest BCUT2D eigenvalue weighted by Crippen LogP contribution is 2.34. The van der Waals surface area contributed by atoms with Crippen molar-refractivity contribution in [2.45, 2.75) is 12.5 Å². The highest BCUT2D eigenvalue weighted by atomic mass is 32.2. The summed E-state index contributed by atoms with van der Waals surface area (Å²) in [7, 11) is 1.30. The van der Waals surface area contributed by atoms with E-state index in [0.29, 0.717) is 16.0 Å². The number of amides is 1. The number of nitrogens with zero attached hydrogens (tertiary/aromatic N) is 1. The molecule has 1 saturated heterocycles. The lowest BCUT2D eigenvalue weighted by Crippen LogP contribution is -2.51. The van der Waals surface area contributed by atoms with E-state index in [9.17, 15) is 19.5 Å². The molecule has 2 aromatic rings. The van der Waals surface area contributed by atoms with Crippen molar-refractivity contribution < 1.29 is 24.2 Å². The molecule has 3 rings (SSSR count). The first kappa shape index (κ1) is 20.8. The quantitative estimate of drug-likeness (QED) is 0.397. The Labute approximate surface area is 177 Å². The van der Waals surface area contributed by atoms with E-state index in [1.54, 1.807) is 54.6 Å². The Bertz CT molecular complexity index is 986. The summed E-state index contributed by atoms with van der Waals surface area (Å²) < 4.78 is 4.82. The number of carboxylic acid groups (broad SMARTS) is 1. The molecular formula is C21H16NO5S2-. The fourth-order valence-electron chi connectivity index (χ4n) is 2.85. The summed E-state index contributed by atoms with van der Waals surface area (Å²) in [5.41, 5.74) is 1.82. The van der Waals surface area contributed by atoms with Gasteiger partial charge in [0.05, 0.1) is 29.6 Å². The number of carboxylic acids is 1. The molecule has 29 heavy (non-hydrogen) atoms. The number of benzene rings is 2. The summed E-state index contributed by atoms with van der Waals surface area (Å²) in [5, 5.41) is 11.7. The molecule has 0 bridgehead atoms. The van der Waals surface area contributed by atoms with Crippen LogP contribution in [0.5, 0.6) is 0 Å². The second-order valence-electron chi connectivity index (χ2n) is 6.19. The second kappa shape index (κ2) is 9.02. The van der Waals surface area contributed by atoms with Gasteiger partial charge in [0.1, 0.15) is 4.32 Å². The van der Waals surface area contributed by atoms with Crippen LogP contribution in [-0.4, -0.2) is 40.2 Å². The average molecular weight is 426 g/mol. The monoisotopic (exact) mass is 426 g/mol. The number of carbonyl (C=O) groups is 3. The van der Waals surface area contributed by atoms with Crippen LogP contribution < -0.4 is 5.11 Å². The van der Waals surface area contributed by atoms with Crippen LogP contribution in [0.2, 0.25) is 0 Å². The van der Waals surface area contributed by atoms with Crippen molar-refractivity contribution >= 4 is 52.2 Å². The van der Waals surface area contributed by atoms with E-state index in [4.69, 9.17) is 12.2 Å². The van der Waals surface area contributed by atoms with Crippen LogP contribution >= 0.6 is 24.0 Å². The lowest BCUT2D eigenvalue weighted by Gasteiger charge is -2.27. The number of hydrogen-bond acceptors (Lipinski definition) is 7. The van der Waals surface area contributed by atoms with E-state index in [1.807, 2.05) is 6.07 Å². The minimum Gasteiger partial charge on any atom is -0.548 e. The van der Waals surface area contributed by atoms with Gasteiger partial charge in [-0.15, -0.1) is 0 Å². The van der Waals surface area contributed by atoms with E-state index in [1.165, 1.54) is 7.11 Å². The van der Waals surface area contributed by atoms with E-state index in [-0.39, 0.29) is 10.7 Å². The number of carbonyl (C=O) groups excluding carboxylic acids is 3. The second-order valence-corrected chi connectivity index (χ2v) is 7.87. The number of ether oxygens (including phenoxy) is 1. The third-order valence-electron chi connectivity index (χ3n) is 4.31. The van der Waals surface area contributed by atoms with Crippen molar-refractivity contribution in [1.82, 2.24) is 4.90 Å². The average Bonchev–Trinajstić information content (AvgIpc) is 2.99. The maximum Gasteiger partial charge on any atom is 0.337 e. The number of methoxy groups -OCH3 is 1. The van der Waals surface area contributed by atoms with Gasteiger partial charge in [-0.1, -0.05) is 66.4 Å². The summed E-state index contributed by atoms with van der Waals surface area (Å²) in [5.74, 6) is -2.31. The van der Waals surface area contributed by atoms with Crippen molar-refractivity contribution in [3.05, 3.63) is 76.2 Å². The van der Waals surface area contributed by atoms with Gasteiger partial charge in [-0.3, -0.25) is 9.69 Å². The number of aliphatic carboxylic acids is 1. The number of thiocarbonyl (C=S) groups is 1. The van der Waals surface area contributed by atoms with Crippen LogP contribution in [0.4, 0.5) is 0 Å². The number of rotatable bonds is 6. The van der Waals surface area contributed by atoms with Crippen molar-refractivity contribution in [1.29, 1.82) is 0 Å². The van der Waals surface area contributed by atoms with Crippen LogP contribution in [0.25, 0.3) is 6.08 Å². The van der Waals surface area contributed by atoms with Crippen LogP contribution in [-0.2, 0) is 20.7 Å².